The van der Waals surface area contributed by atoms with Crippen LogP contribution in [0, 0.1) is 11.3 Å². The van der Waals surface area contributed by atoms with Crippen molar-refractivity contribution in [1.29, 1.82) is 5.26 Å². The van der Waals surface area contributed by atoms with E-state index < -0.39 is 0 Å². The van der Waals surface area contributed by atoms with Crippen molar-refractivity contribution in [3.8, 4) is 6.07 Å². The van der Waals surface area contributed by atoms with Crippen LogP contribution in [0.5, 0.6) is 0 Å². The second kappa shape index (κ2) is 5.48. The zero-order valence-electron chi connectivity index (χ0n) is 9.23. The van der Waals surface area contributed by atoms with Crippen molar-refractivity contribution in [3.63, 3.8) is 0 Å². The summed E-state index contributed by atoms with van der Waals surface area (Å²) in [6, 6.07) is 2.63. The SMILES string of the molecule is N#CCCN(c1nc(C(=O)CCl)cs1)C1CC1. The molecule has 0 saturated heterocycles. The van der Waals surface area contributed by atoms with E-state index in [0.29, 0.717) is 24.7 Å². The van der Waals surface area contributed by atoms with E-state index in [1.165, 1.54) is 11.3 Å². The van der Waals surface area contributed by atoms with Gasteiger partial charge < -0.3 is 4.90 Å². The number of anilines is 1. The largest absolute Gasteiger partial charge is 0.344 e. The molecule has 6 heteroatoms. The molecule has 0 spiro atoms. The Balaban J connectivity index is 2.10. The first kappa shape index (κ1) is 12.3. The predicted octanol–water partition coefficient (Wildman–Crippen LogP) is 2.45. The number of Topliss-reactive ketones (excluding diaryl/α,β-unsaturated/α-hetero) is 1. The summed E-state index contributed by atoms with van der Waals surface area (Å²) < 4.78 is 0. The lowest BCUT2D eigenvalue weighted by atomic mass is 10.3. The minimum absolute atomic E-state index is 0.0369. The molecule has 1 heterocycles. The van der Waals surface area contributed by atoms with Crippen LogP contribution in [0.3, 0.4) is 0 Å². The van der Waals surface area contributed by atoms with Crippen LogP contribution >= 0.6 is 22.9 Å². The van der Waals surface area contributed by atoms with Crippen LogP contribution in [-0.4, -0.2) is 29.2 Å². The van der Waals surface area contributed by atoms with E-state index in [0.717, 1.165) is 18.0 Å². The molecule has 4 nitrogen and oxygen atoms in total. The fourth-order valence-electron chi connectivity index (χ4n) is 1.58. The molecule has 0 bridgehead atoms. The van der Waals surface area contributed by atoms with Crippen LogP contribution in [0.15, 0.2) is 5.38 Å². The van der Waals surface area contributed by atoms with Gasteiger partial charge >= 0.3 is 0 Å². The second-order valence-corrected chi connectivity index (χ2v) is 5.01. The average Bonchev–Trinajstić information content (AvgIpc) is 3.06. The van der Waals surface area contributed by atoms with E-state index in [2.05, 4.69) is 16.0 Å². The molecular formula is C11H12ClN3OS. The molecule has 2 rings (SSSR count). The van der Waals surface area contributed by atoms with Crippen molar-refractivity contribution in [2.45, 2.75) is 25.3 Å². The van der Waals surface area contributed by atoms with Crippen LogP contribution in [-0.2, 0) is 0 Å². The average molecular weight is 270 g/mol. The van der Waals surface area contributed by atoms with Crippen LogP contribution in [0.1, 0.15) is 29.8 Å². The third-order valence-electron chi connectivity index (χ3n) is 2.60. The zero-order chi connectivity index (χ0) is 12.3. The number of thiazole rings is 1. The lowest BCUT2D eigenvalue weighted by Crippen LogP contribution is -2.26. The number of rotatable bonds is 6. The van der Waals surface area contributed by atoms with E-state index in [1.54, 1.807) is 5.38 Å². The van der Waals surface area contributed by atoms with Gasteiger partial charge in [0, 0.05) is 18.0 Å². The number of hydrogen-bond donors (Lipinski definition) is 0. The molecule has 0 atom stereocenters. The minimum atomic E-state index is -0.148. The van der Waals surface area contributed by atoms with Crippen LogP contribution in [0.25, 0.3) is 0 Å². The summed E-state index contributed by atoms with van der Waals surface area (Å²) in [7, 11) is 0. The van der Waals surface area contributed by atoms with Crippen molar-refractivity contribution in [2.75, 3.05) is 17.3 Å². The van der Waals surface area contributed by atoms with Gasteiger partial charge in [-0.15, -0.1) is 22.9 Å². The number of carbonyl (C=O) groups excluding carboxylic acids is 1. The topological polar surface area (TPSA) is 57.0 Å². The third-order valence-corrected chi connectivity index (χ3v) is 3.72. The minimum Gasteiger partial charge on any atom is -0.344 e. The molecule has 0 aliphatic heterocycles. The fourth-order valence-corrected chi connectivity index (χ4v) is 2.65. The smallest absolute Gasteiger partial charge is 0.196 e. The molecule has 0 unspecified atom stereocenters. The number of halogens is 1. The van der Waals surface area contributed by atoms with E-state index in [-0.39, 0.29) is 11.7 Å². The summed E-state index contributed by atoms with van der Waals surface area (Å²) in [5, 5.41) is 11.2. The molecule has 0 radical (unpaired) electrons. The van der Waals surface area contributed by atoms with Gasteiger partial charge in [-0.3, -0.25) is 4.79 Å². The van der Waals surface area contributed by atoms with Crippen LogP contribution < -0.4 is 4.90 Å². The summed E-state index contributed by atoms with van der Waals surface area (Å²) in [5.41, 5.74) is 0.433. The summed E-state index contributed by atoms with van der Waals surface area (Å²) in [6.07, 6.45) is 2.77. The first-order valence-electron chi connectivity index (χ1n) is 5.44. The number of aromatic nitrogens is 1. The fraction of sp³-hybridized carbons (Fsp3) is 0.545. The van der Waals surface area contributed by atoms with Crippen molar-refractivity contribution in [3.05, 3.63) is 11.1 Å². The summed E-state index contributed by atoms with van der Waals surface area (Å²) >= 11 is 6.94. The molecule has 17 heavy (non-hydrogen) atoms. The van der Waals surface area contributed by atoms with E-state index in [4.69, 9.17) is 16.9 Å². The van der Waals surface area contributed by atoms with Gasteiger partial charge in [-0.25, -0.2) is 4.98 Å². The maximum atomic E-state index is 11.4. The Morgan fingerprint density at radius 1 is 1.71 bits per heavy atom. The summed E-state index contributed by atoms with van der Waals surface area (Å²) in [4.78, 5) is 17.8. The number of nitrogens with zero attached hydrogens (tertiary/aromatic N) is 3. The van der Waals surface area contributed by atoms with E-state index >= 15 is 0 Å². The summed E-state index contributed by atoms with van der Waals surface area (Å²) in [6.45, 7) is 0.684. The molecular weight excluding hydrogens is 258 g/mol. The first-order valence-corrected chi connectivity index (χ1v) is 6.86. The van der Waals surface area contributed by atoms with Gasteiger partial charge in [0.15, 0.2) is 10.9 Å². The first-order chi connectivity index (χ1) is 8.26. The molecule has 1 aliphatic carbocycles. The van der Waals surface area contributed by atoms with Crippen LogP contribution in [0.2, 0.25) is 0 Å². The Bertz CT molecular complexity index is 450. The lowest BCUT2D eigenvalue weighted by molar-refractivity contribution is 0.101. The normalized spacial score (nSPS) is 14.4. The highest BCUT2D eigenvalue weighted by molar-refractivity contribution is 7.14. The molecule has 1 aromatic heterocycles. The number of hydrogen-bond acceptors (Lipinski definition) is 5. The Morgan fingerprint density at radius 2 is 2.47 bits per heavy atom. The standard InChI is InChI=1S/C11H12ClN3OS/c12-6-10(16)9-7-17-11(14-9)15(5-1-4-13)8-2-3-8/h7-8H,1-3,5-6H2. The van der Waals surface area contributed by atoms with Crippen LogP contribution in [0.4, 0.5) is 5.13 Å². The van der Waals surface area contributed by atoms with Crippen molar-refractivity contribution >= 4 is 33.9 Å². The molecule has 90 valence electrons. The molecule has 1 aliphatic rings. The maximum absolute atomic E-state index is 11.4. The van der Waals surface area contributed by atoms with Crippen molar-refractivity contribution < 1.29 is 4.79 Å². The van der Waals surface area contributed by atoms with Gasteiger partial charge in [0.25, 0.3) is 0 Å². The number of ketones is 1. The highest BCUT2D eigenvalue weighted by Crippen LogP contribution is 2.33. The molecule has 0 aromatic carbocycles. The molecule has 0 N–H and O–H groups in total. The predicted molar refractivity (Wildman–Crippen MR) is 67.8 cm³/mol. The Hall–Kier alpha value is -1.12. The number of carbonyl (C=O) groups is 1. The highest BCUT2D eigenvalue weighted by Gasteiger charge is 2.30. The molecule has 1 saturated carbocycles. The van der Waals surface area contributed by atoms with Gasteiger partial charge in [0.2, 0.25) is 0 Å². The molecule has 1 fully saturated rings. The van der Waals surface area contributed by atoms with Crippen molar-refractivity contribution in [2.24, 2.45) is 0 Å². The Kier molecular flexibility index (Phi) is 3.97. The number of nitriles is 1. The molecule has 1 aromatic rings. The monoisotopic (exact) mass is 269 g/mol. The summed E-state index contributed by atoms with van der Waals surface area (Å²) in [5.74, 6) is -0.185. The quantitative estimate of drug-likeness (QED) is 0.588. The molecule has 0 amide bonds. The highest BCUT2D eigenvalue weighted by atomic mass is 35.5. The van der Waals surface area contributed by atoms with Gasteiger partial charge in [-0.05, 0) is 12.8 Å². The van der Waals surface area contributed by atoms with Gasteiger partial charge in [-0.1, -0.05) is 0 Å². The second-order valence-electron chi connectivity index (χ2n) is 3.90. The maximum Gasteiger partial charge on any atom is 0.196 e. The zero-order valence-corrected chi connectivity index (χ0v) is 10.8. The van der Waals surface area contributed by atoms with Gasteiger partial charge in [0.05, 0.1) is 18.4 Å². The third kappa shape index (κ3) is 2.96. The Labute approximate surface area is 109 Å². The van der Waals surface area contributed by atoms with Gasteiger partial charge in [-0.2, -0.15) is 5.26 Å². The lowest BCUT2D eigenvalue weighted by Gasteiger charge is -2.19. The Morgan fingerprint density at radius 3 is 3.06 bits per heavy atom. The van der Waals surface area contributed by atoms with E-state index in [9.17, 15) is 4.79 Å². The number of alkyl halides is 1. The van der Waals surface area contributed by atoms with Gasteiger partial charge in [0.1, 0.15) is 5.69 Å². The van der Waals surface area contributed by atoms with Crippen molar-refractivity contribution in [1.82, 2.24) is 4.98 Å². The van der Waals surface area contributed by atoms with E-state index in [1.807, 2.05) is 0 Å².